The Morgan fingerprint density at radius 1 is 1.54 bits per heavy atom. The number of nitro benzene ring substituents is 1. The van der Waals surface area contributed by atoms with Crippen LogP contribution in [0, 0.1) is 15.9 Å². The van der Waals surface area contributed by atoms with Gasteiger partial charge in [0.05, 0.1) is 4.92 Å². The van der Waals surface area contributed by atoms with Gasteiger partial charge in [-0.2, -0.15) is 4.39 Å². The highest BCUT2D eigenvalue weighted by Crippen LogP contribution is 2.32. The first-order valence-electron chi connectivity index (χ1n) is 3.25. The Balaban J connectivity index is 3.38. The van der Waals surface area contributed by atoms with E-state index in [1.54, 1.807) is 0 Å². The second-order valence-corrected chi connectivity index (χ2v) is 3.61. The van der Waals surface area contributed by atoms with Crippen LogP contribution < -0.4 is 0 Å². The van der Waals surface area contributed by atoms with Crippen molar-refractivity contribution in [2.75, 3.05) is 0 Å². The van der Waals surface area contributed by atoms with E-state index in [4.69, 9.17) is 0 Å². The lowest BCUT2D eigenvalue weighted by atomic mass is 10.2. The molecule has 0 bridgehead atoms. The third kappa shape index (κ3) is 2.05. The average Bonchev–Trinajstić information content (AvgIpc) is 2.04. The molecule has 0 aliphatic carbocycles. The molecule has 0 heterocycles. The fourth-order valence-electron chi connectivity index (χ4n) is 0.853. The summed E-state index contributed by atoms with van der Waals surface area (Å²) in [5.74, 6) is -0.832. The van der Waals surface area contributed by atoms with Crippen molar-refractivity contribution in [1.29, 1.82) is 0 Å². The van der Waals surface area contributed by atoms with Crippen LogP contribution in [0.4, 0.5) is 10.1 Å². The first-order valence-corrected chi connectivity index (χ1v) is 5.16. The Morgan fingerprint density at radius 2 is 2.15 bits per heavy atom. The number of nitrogens with zero attached hydrogens (tertiary/aromatic N) is 1. The zero-order valence-corrected chi connectivity index (χ0v) is 9.43. The minimum atomic E-state index is -0.832. The normalized spacial score (nSPS) is 10.1. The summed E-state index contributed by atoms with van der Waals surface area (Å²) in [6.45, 7) is 0. The second-order valence-electron chi connectivity index (χ2n) is 2.26. The largest absolute Gasteiger partial charge is 0.319 e. The van der Waals surface area contributed by atoms with Crippen LogP contribution in [0.1, 0.15) is 5.56 Å². The molecule has 6 heteroatoms. The number of rotatable bonds is 2. The van der Waals surface area contributed by atoms with Gasteiger partial charge in [-0.1, -0.05) is 22.0 Å². The monoisotopic (exact) mass is 311 g/mol. The molecule has 1 aromatic carbocycles. The van der Waals surface area contributed by atoms with Gasteiger partial charge in [0.25, 0.3) is 0 Å². The summed E-state index contributed by atoms with van der Waals surface area (Å²) in [6.07, 6.45) is 0. The molecule has 0 unspecified atom stereocenters. The number of halogens is 3. The molecule has 13 heavy (non-hydrogen) atoms. The van der Waals surface area contributed by atoms with E-state index in [-0.39, 0.29) is 4.47 Å². The van der Waals surface area contributed by atoms with E-state index >= 15 is 0 Å². The van der Waals surface area contributed by atoms with Gasteiger partial charge in [0.15, 0.2) is 0 Å². The minimum Gasteiger partial charge on any atom is -0.258 e. The highest BCUT2D eigenvalue weighted by molar-refractivity contribution is 9.11. The van der Waals surface area contributed by atoms with Gasteiger partial charge in [-0.25, -0.2) is 0 Å². The number of hydrogen-bond donors (Lipinski definition) is 0. The fourth-order valence-corrected chi connectivity index (χ4v) is 2.30. The van der Waals surface area contributed by atoms with E-state index in [2.05, 4.69) is 31.9 Å². The maximum absolute atomic E-state index is 12.9. The summed E-state index contributed by atoms with van der Waals surface area (Å²) >= 11 is 6.12. The van der Waals surface area contributed by atoms with Gasteiger partial charge in [-0.05, 0) is 27.6 Å². The smallest absolute Gasteiger partial charge is 0.258 e. The Kier molecular flexibility index (Phi) is 3.38. The van der Waals surface area contributed by atoms with Crippen molar-refractivity contribution in [3.8, 4) is 0 Å². The number of hydrogen-bond acceptors (Lipinski definition) is 2. The van der Waals surface area contributed by atoms with Crippen LogP contribution >= 0.6 is 31.9 Å². The summed E-state index contributed by atoms with van der Waals surface area (Å²) in [6, 6.07) is 2.57. The topological polar surface area (TPSA) is 43.1 Å². The van der Waals surface area contributed by atoms with Crippen LogP contribution in [-0.2, 0) is 5.33 Å². The van der Waals surface area contributed by atoms with Crippen molar-refractivity contribution in [3.63, 3.8) is 0 Å². The van der Waals surface area contributed by atoms with Crippen molar-refractivity contribution in [2.45, 2.75) is 5.33 Å². The molecular weight excluding hydrogens is 309 g/mol. The van der Waals surface area contributed by atoms with Crippen LogP contribution in [0.2, 0.25) is 0 Å². The average molecular weight is 313 g/mol. The maximum Gasteiger partial charge on any atom is 0.319 e. The first-order chi connectivity index (χ1) is 6.07. The summed E-state index contributed by atoms with van der Waals surface area (Å²) in [5.41, 5.74) is 0.130. The van der Waals surface area contributed by atoms with Gasteiger partial charge < -0.3 is 0 Å². The third-order valence-electron chi connectivity index (χ3n) is 1.47. The van der Waals surface area contributed by atoms with Gasteiger partial charge in [0, 0.05) is 5.33 Å². The molecule has 0 fully saturated rings. The van der Waals surface area contributed by atoms with Crippen molar-refractivity contribution in [3.05, 3.63) is 38.1 Å². The van der Waals surface area contributed by atoms with Crippen LogP contribution in [0.15, 0.2) is 16.6 Å². The van der Waals surface area contributed by atoms with Gasteiger partial charge in [0.2, 0.25) is 5.82 Å². The molecule has 0 N–H and O–H groups in total. The minimum absolute atomic E-state index is 0.189. The lowest BCUT2D eigenvalue weighted by Crippen LogP contribution is -1.96. The van der Waals surface area contributed by atoms with Gasteiger partial charge in [0.1, 0.15) is 4.47 Å². The van der Waals surface area contributed by atoms with E-state index < -0.39 is 16.4 Å². The van der Waals surface area contributed by atoms with E-state index in [0.29, 0.717) is 10.9 Å². The van der Waals surface area contributed by atoms with Crippen LogP contribution in [0.5, 0.6) is 0 Å². The van der Waals surface area contributed by atoms with E-state index in [0.717, 1.165) is 6.07 Å². The van der Waals surface area contributed by atoms with Gasteiger partial charge >= 0.3 is 5.69 Å². The van der Waals surface area contributed by atoms with E-state index in [9.17, 15) is 14.5 Å². The highest BCUT2D eigenvalue weighted by Gasteiger charge is 2.20. The molecule has 0 amide bonds. The van der Waals surface area contributed by atoms with Crippen molar-refractivity contribution in [1.82, 2.24) is 0 Å². The maximum atomic E-state index is 12.9. The number of benzene rings is 1. The molecule has 0 atom stereocenters. The van der Waals surface area contributed by atoms with Crippen LogP contribution in [0.3, 0.4) is 0 Å². The summed E-state index contributed by atoms with van der Waals surface area (Å²) < 4.78 is 13.1. The zero-order chi connectivity index (χ0) is 10.0. The van der Waals surface area contributed by atoms with Gasteiger partial charge in [-0.15, -0.1) is 0 Å². The second kappa shape index (κ2) is 4.15. The molecule has 0 aliphatic rings. The SMILES string of the molecule is O=[N+]([O-])c1c(F)ccc(CBr)c1Br. The summed E-state index contributed by atoms with van der Waals surface area (Å²) in [7, 11) is 0. The number of alkyl halides is 1. The molecule has 3 nitrogen and oxygen atoms in total. The van der Waals surface area contributed by atoms with Crippen LogP contribution in [0.25, 0.3) is 0 Å². The van der Waals surface area contributed by atoms with E-state index in [1.807, 2.05) is 0 Å². The van der Waals surface area contributed by atoms with Crippen molar-refractivity contribution < 1.29 is 9.31 Å². The third-order valence-corrected chi connectivity index (χ3v) is 2.96. The predicted octanol–water partition coefficient (Wildman–Crippen LogP) is 3.39. The van der Waals surface area contributed by atoms with E-state index in [1.165, 1.54) is 6.07 Å². The molecule has 1 rings (SSSR count). The number of nitro groups is 1. The Bertz CT molecular complexity index is 357. The Morgan fingerprint density at radius 3 is 2.62 bits per heavy atom. The molecule has 70 valence electrons. The molecule has 0 saturated heterocycles. The molecule has 1 aromatic rings. The molecule has 0 aliphatic heterocycles. The van der Waals surface area contributed by atoms with Crippen LogP contribution in [-0.4, -0.2) is 4.92 Å². The highest BCUT2D eigenvalue weighted by atomic mass is 79.9. The molecule has 0 radical (unpaired) electrons. The predicted molar refractivity (Wildman–Crippen MR) is 53.4 cm³/mol. The molecular formula is C7H4Br2FNO2. The molecule has 0 saturated carbocycles. The fraction of sp³-hybridized carbons (Fsp3) is 0.143. The quantitative estimate of drug-likeness (QED) is 0.477. The van der Waals surface area contributed by atoms with Gasteiger partial charge in [-0.3, -0.25) is 10.1 Å². The first kappa shape index (κ1) is 10.6. The standard InChI is InChI=1S/C7H4Br2FNO2/c8-3-4-1-2-5(10)7(6(4)9)11(12)13/h1-2H,3H2. The zero-order valence-electron chi connectivity index (χ0n) is 6.26. The Labute approximate surface area is 90.3 Å². The van der Waals surface area contributed by atoms with Crippen molar-refractivity contribution in [2.24, 2.45) is 0 Å². The molecule has 0 aromatic heterocycles. The lowest BCUT2D eigenvalue weighted by molar-refractivity contribution is -0.388. The van der Waals surface area contributed by atoms with Crippen molar-refractivity contribution >= 4 is 37.5 Å². The summed E-state index contributed by atoms with van der Waals surface area (Å²) in [5, 5.41) is 10.9. The lowest BCUT2D eigenvalue weighted by Gasteiger charge is -2.01. The molecule has 0 spiro atoms. The summed E-state index contributed by atoms with van der Waals surface area (Å²) in [4.78, 5) is 9.69. The Hall–Kier alpha value is -0.490.